The predicted octanol–water partition coefficient (Wildman–Crippen LogP) is 1.37. The van der Waals surface area contributed by atoms with Crippen molar-refractivity contribution < 1.29 is 9.53 Å². The van der Waals surface area contributed by atoms with Crippen molar-refractivity contribution in [3.05, 3.63) is 23.5 Å². The summed E-state index contributed by atoms with van der Waals surface area (Å²) in [5.41, 5.74) is 7.31. The summed E-state index contributed by atoms with van der Waals surface area (Å²) in [5, 5.41) is 2.94. The maximum Gasteiger partial charge on any atom is 0.253 e. The minimum Gasteiger partial charge on any atom is -0.397 e. The molecule has 1 rings (SSSR count). The predicted molar refractivity (Wildman–Crippen MR) is 71.4 cm³/mol. The van der Waals surface area contributed by atoms with Crippen LogP contribution in [0.2, 0.25) is 0 Å². The Balaban J connectivity index is 2.83. The van der Waals surface area contributed by atoms with Gasteiger partial charge < -0.3 is 15.8 Å². The number of amides is 1. The summed E-state index contributed by atoms with van der Waals surface area (Å²) in [6, 6.07) is 1.62. The van der Waals surface area contributed by atoms with Crippen LogP contribution in [0.4, 0.5) is 5.69 Å². The van der Waals surface area contributed by atoms with Crippen LogP contribution < -0.4 is 11.1 Å². The average Bonchev–Trinajstić information content (AvgIpc) is 2.31. The van der Waals surface area contributed by atoms with Crippen LogP contribution in [0.1, 0.15) is 29.9 Å². The molecule has 0 aliphatic rings. The molecule has 5 nitrogen and oxygen atoms in total. The Morgan fingerprint density at radius 2 is 2.22 bits per heavy atom. The van der Waals surface area contributed by atoms with E-state index in [0.717, 1.165) is 0 Å². The van der Waals surface area contributed by atoms with E-state index < -0.39 is 0 Å². The molecule has 3 N–H and O–H groups in total. The van der Waals surface area contributed by atoms with Gasteiger partial charge in [-0.25, -0.2) is 0 Å². The molecule has 1 atom stereocenters. The Labute approximate surface area is 108 Å². The molecular weight excluding hydrogens is 230 g/mol. The van der Waals surface area contributed by atoms with Gasteiger partial charge in [0.25, 0.3) is 5.91 Å². The van der Waals surface area contributed by atoms with Crippen LogP contribution in [0.3, 0.4) is 0 Å². The number of methoxy groups -OCH3 is 1. The average molecular weight is 251 g/mol. The van der Waals surface area contributed by atoms with Crippen molar-refractivity contribution in [3.63, 3.8) is 0 Å². The molecule has 1 aromatic rings. The van der Waals surface area contributed by atoms with Crippen LogP contribution in [0, 0.1) is 12.8 Å². The van der Waals surface area contributed by atoms with Crippen LogP contribution in [0.25, 0.3) is 0 Å². The Morgan fingerprint density at radius 3 is 2.78 bits per heavy atom. The van der Waals surface area contributed by atoms with E-state index >= 15 is 0 Å². The largest absolute Gasteiger partial charge is 0.397 e. The number of carbonyl (C=O) groups excluding carboxylic acids is 1. The molecule has 100 valence electrons. The summed E-state index contributed by atoms with van der Waals surface area (Å²) in [6.45, 7) is 6.34. The van der Waals surface area contributed by atoms with E-state index in [2.05, 4.69) is 10.3 Å². The van der Waals surface area contributed by atoms with Crippen LogP contribution in [0.5, 0.6) is 0 Å². The third kappa shape index (κ3) is 3.70. The maximum atomic E-state index is 12.1. The molecule has 0 fully saturated rings. The third-order valence-corrected chi connectivity index (χ3v) is 2.82. The molecule has 0 aliphatic heterocycles. The van der Waals surface area contributed by atoms with Gasteiger partial charge in [0.05, 0.1) is 35.8 Å². The highest BCUT2D eigenvalue weighted by Gasteiger charge is 2.18. The maximum absolute atomic E-state index is 12.1. The zero-order valence-corrected chi connectivity index (χ0v) is 11.4. The van der Waals surface area contributed by atoms with Crippen LogP contribution in [-0.4, -0.2) is 30.6 Å². The van der Waals surface area contributed by atoms with Gasteiger partial charge in [-0.2, -0.15) is 0 Å². The number of hydrogen-bond acceptors (Lipinski definition) is 4. The molecule has 1 unspecified atom stereocenters. The number of aryl methyl sites for hydroxylation is 1. The summed E-state index contributed by atoms with van der Waals surface area (Å²) < 4.78 is 5.10. The quantitative estimate of drug-likeness (QED) is 0.828. The van der Waals surface area contributed by atoms with Crippen molar-refractivity contribution in [1.82, 2.24) is 10.3 Å². The molecular formula is C13H21N3O2. The van der Waals surface area contributed by atoms with Crippen molar-refractivity contribution >= 4 is 11.6 Å². The molecule has 18 heavy (non-hydrogen) atoms. The first-order chi connectivity index (χ1) is 8.45. The first-order valence-corrected chi connectivity index (χ1v) is 5.97. The number of hydrogen-bond donors (Lipinski definition) is 2. The molecule has 5 heteroatoms. The second-order valence-corrected chi connectivity index (χ2v) is 4.68. The Kier molecular flexibility index (Phi) is 5.09. The lowest BCUT2D eigenvalue weighted by Crippen LogP contribution is -2.42. The highest BCUT2D eigenvalue weighted by atomic mass is 16.5. The number of pyridine rings is 1. The number of nitrogen functional groups attached to an aromatic ring is 1. The number of rotatable bonds is 5. The van der Waals surface area contributed by atoms with Gasteiger partial charge in [-0.05, 0) is 18.9 Å². The molecule has 0 saturated heterocycles. The number of anilines is 1. The number of carbonyl (C=O) groups is 1. The highest BCUT2D eigenvalue weighted by Crippen LogP contribution is 2.11. The summed E-state index contributed by atoms with van der Waals surface area (Å²) >= 11 is 0. The fourth-order valence-corrected chi connectivity index (χ4v) is 1.61. The van der Waals surface area contributed by atoms with Gasteiger partial charge >= 0.3 is 0 Å². The first-order valence-electron chi connectivity index (χ1n) is 5.97. The summed E-state index contributed by atoms with van der Waals surface area (Å²) in [7, 11) is 1.62. The zero-order chi connectivity index (χ0) is 13.7. The zero-order valence-electron chi connectivity index (χ0n) is 11.4. The van der Waals surface area contributed by atoms with E-state index in [4.69, 9.17) is 10.5 Å². The van der Waals surface area contributed by atoms with Gasteiger partial charge in [0, 0.05) is 7.11 Å². The fraction of sp³-hybridized carbons (Fsp3) is 0.538. The van der Waals surface area contributed by atoms with Gasteiger partial charge in [0.2, 0.25) is 0 Å². The lowest BCUT2D eigenvalue weighted by atomic mass is 10.0. The van der Waals surface area contributed by atoms with Crippen LogP contribution in [0.15, 0.2) is 12.3 Å². The normalized spacial score (nSPS) is 12.5. The lowest BCUT2D eigenvalue weighted by Gasteiger charge is -2.21. The molecule has 0 saturated carbocycles. The number of ether oxygens (including phenoxy) is 1. The monoisotopic (exact) mass is 251 g/mol. The van der Waals surface area contributed by atoms with Gasteiger partial charge in [-0.3, -0.25) is 9.78 Å². The van der Waals surface area contributed by atoms with Crippen LogP contribution in [-0.2, 0) is 4.74 Å². The fourth-order valence-electron chi connectivity index (χ4n) is 1.61. The molecule has 0 radical (unpaired) electrons. The number of aromatic nitrogens is 1. The molecule has 1 aromatic heterocycles. The highest BCUT2D eigenvalue weighted by molar-refractivity contribution is 5.96. The standard InChI is InChI=1S/C13H21N3O2/c1-8(2)12(7-18-4)16-13(17)11-5-10(14)6-15-9(11)3/h5-6,8,12H,7,14H2,1-4H3,(H,16,17). The Bertz CT molecular complexity index is 419. The molecule has 0 bridgehead atoms. The second-order valence-electron chi connectivity index (χ2n) is 4.68. The summed E-state index contributed by atoms with van der Waals surface area (Å²) in [4.78, 5) is 16.2. The molecule has 1 amide bonds. The van der Waals surface area contributed by atoms with Gasteiger partial charge in [0.1, 0.15) is 0 Å². The second kappa shape index (κ2) is 6.35. The van der Waals surface area contributed by atoms with E-state index in [0.29, 0.717) is 29.5 Å². The lowest BCUT2D eigenvalue weighted by molar-refractivity contribution is 0.0865. The molecule has 0 aromatic carbocycles. The number of nitrogens with two attached hydrogens (primary N) is 1. The summed E-state index contributed by atoms with van der Waals surface area (Å²) in [6.07, 6.45) is 1.54. The third-order valence-electron chi connectivity index (χ3n) is 2.82. The van der Waals surface area contributed by atoms with Gasteiger partial charge in [-0.1, -0.05) is 13.8 Å². The summed E-state index contributed by atoms with van der Waals surface area (Å²) in [5.74, 6) is 0.131. The van der Waals surface area contributed by atoms with Gasteiger partial charge in [-0.15, -0.1) is 0 Å². The van der Waals surface area contributed by atoms with Crippen molar-refractivity contribution in [2.24, 2.45) is 5.92 Å². The Hall–Kier alpha value is -1.62. The van der Waals surface area contributed by atoms with Crippen molar-refractivity contribution in [2.45, 2.75) is 26.8 Å². The van der Waals surface area contributed by atoms with Crippen LogP contribution >= 0.6 is 0 Å². The smallest absolute Gasteiger partial charge is 0.253 e. The molecule has 0 spiro atoms. The van der Waals surface area contributed by atoms with Crippen molar-refractivity contribution in [3.8, 4) is 0 Å². The first kappa shape index (κ1) is 14.4. The SMILES string of the molecule is COCC(NC(=O)c1cc(N)cnc1C)C(C)C. The van der Waals surface area contributed by atoms with Gasteiger partial charge in [0.15, 0.2) is 0 Å². The topological polar surface area (TPSA) is 77.2 Å². The van der Waals surface area contributed by atoms with E-state index in [1.807, 2.05) is 13.8 Å². The van der Waals surface area contributed by atoms with Crippen molar-refractivity contribution in [2.75, 3.05) is 19.5 Å². The van der Waals surface area contributed by atoms with Crippen molar-refractivity contribution in [1.29, 1.82) is 0 Å². The molecule has 0 aliphatic carbocycles. The minimum absolute atomic E-state index is 0.0247. The number of nitrogens with one attached hydrogen (secondary N) is 1. The van der Waals surface area contributed by atoms with E-state index in [1.165, 1.54) is 0 Å². The Morgan fingerprint density at radius 1 is 1.56 bits per heavy atom. The molecule has 1 heterocycles. The van der Waals surface area contributed by atoms with E-state index in [1.54, 1.807) is 26.3 Å². The number of nitrogens with zero attached hydrogens (tertiary/aromatic N) is 1. The minimum atomic E-state index is -0.164. The van der Waals surface area contributed by atoms with E-state index in [-0.39, 0.29) is 11.9 Å². The van der Waals surface area contributed by atoms with E-state index in [9.17, 15) is 4.79 Å².